The van der Waals surface area contributed by atoms with Crippen LogP contribution in [0.3, 0.4) is 0 Å². The van der Waals surface area contributed by atoms with E-state index in [9.17, 15) is 4.79 Å². The van der Waals surface area contributed by atoms with E-state index in [1.807, 2.05) is 54.1 Å². The zero-order valence-corrected chi connectivity index (χ0v) is 18.7. The monoisotopic (exact) mass is 455 g/mol. The van der Waals surface area contributed by atoms with Gasteiger partial charge in [-0.2, -0.15) is 0 Å². The molecule has 1 N–H and O–H groups in total. The number of rotatable bonds is 9. The Hall–Kier alpha value is -3.11. The summed E-state index contributed by atoms with van der Waals surface area (Å²) in [4.78, 5) is 16.3. The number of thioether (sulfide) groups is 1. The van der Waals surface area contributed by atoms with Crippen molar-refractivity contribution >= 4 is 34.1 Å². The molecule has 10 heteroatoms. The van der Waals surface area contributed by atoms with Crippen LogP contribution in [0, 0.1) is 13.8 Å². The maximum atomic E-state index is 12.2. The third-order valence-corrected chi connectivity index (χ3v) is 6.27. The predicted molar refractivity (Wildman–Crippen MR) is 120 cm³/mol. The van der Waals surface area contributed by atoms with Crippen molar-refractivity contribution in [3.05, 3.63) is 70.9 Å². The summed E-state index contributed by atoms with van der Waals surface area (Å²) < 4.78 is 13.4. The van der Waals surface area contributed by atoms with Gasteiger partial charge in [-0.1, -0.05) is 23.9 Å². The summed E-state index contributed by atoms with van der Waals surface area (Å²) in [5.74, 6) is 2.26. The highest BCUT2D eigenvalue weighted by Crippen LogP contribution is 2.24. The van der Waals surface area contributed by atoms with E-state index in [0.717, 1.165) is 22.6 Å². The van der Waals surface area contributed by atoms with Crippen LogP contribution >= 0.6 is 23.1 Å². The molecule has 0 aliphatic heterocycles. The molecule has 8 nitrogen and oxygen atoms in total. The van der Waals surface area contributed by atoms with Gasteiger partial charge in [-0.25, -0.2) is 4.98 Å². The smallest absolute Gasteiger partial charge is 0.236 e. The van der Waals surface area contributed by atoms with Crippen LogP contribution in [0.15, 0.2) is 57.7 Å². The first-order chi connectivity index (χ1) is 15.1. The van der Waals surface area contributed by atoms with Gasteiger partial charge in [-0.05, 0) is 43.2 Å². The van der Waals surface area contributed by atoms with Crippen LogP contribution in [0.2, 0.25) is 0 Å². The number of ether oxygens (including phenoxy) is 1. The van der Waals surface area contributed by atoms with Crippen LogP contribution < -0.4 is 10.1 Å². The van der Waals surface area contributed by atoms with Crippen molar-refractivity contribution in [1.29, 1.82) is 0 Å². The fourth-order valence-electron chi connectivity index (χ4n) is 2.84. The van der Waals surface area contributed by atoms with Crippen LogP contribution in [0.4, 0.5) is 5.13 Å². The Balaban J connectivity index is 1.48. The molecule has 4 aromatic rings. The SMILES string of the molecule is Cc1cccc(OCc2nnc(SCC(=O)Nc3nccs3)n2Cc2ccco2)c1C. The van der Waals surface area contributed by atoms with Crippen molar-refractivity contribution in [2.75, 3.05) is 11.1 Å². The van der Waals surface area contributed by atoms with Crippen molar-refractivity contribution in [2.24, 2.45) is 0 Å². The van der Waals surface area contributed by atoms with Gasteiger partial charge in [0, 0.05) is 11.6 Å². The van der Waals surface area contributed by atoms with Gasteiger partial charge in [0.1, 0.15) is 18.1 Å². The molecule has 160 valence electrons. The molecule has 1 aromatic carbocycles. The van der Waals surface area contributed by atoms with E-state index in [4.69, 9.17) is 9.15 Å². The summed E-state index contributed by atoms with van der Waals surface area (Å²) in [5, 5.41) is 14.4. The molecule has 0 aliphatic carbocycles. The van der Waals surface area contributed by atoms with Gasteiger partial charge in [-0.3, -0.25) is 9.36 Å². The lowest BCUT2D eigenvalue weighted by Gasteiger charge is -2.12. The zero-order valence-electron chi connectivity index (χ0n) is 17.1. The molecule has 0 bridgehead atoms. The van der Waals surface area contributed by atoms with Gasteiger partial charge < -0.3 is 14.5 Å². The van der Waals surface area contributed by atoms with Gasteiger partial charge in [0.05, 0.1) is 18.6 Å². The van der Waals surface area contributed by atoms with Crippen LogP contribution in [0.1, 0.15) is 22.7 Å². The highest BCUT2D eigenvalue weighted by atomic mass is 32.2. The Morgan fingerprint density at radius 2 is 2.16 bits per heavy atom. The lowest BCUT2D eigenvalue weighted by Crippen LogP contribution is -2.15. The molecule has 0 atom stereocenters. The zero-order chi connectivity index (χ0) is 21.6. The molecule has 4 rings (SSSR count). The maximum absolute atomic E-state index is 12.2. The van der Waals surface area contributed by atoms with Crippen molar-refractivity contribution in [3.63, 3.8) is 0 Å². The largest absolute Gasteiger partial charge is 0.485 e. The molecule has 31 heavy (non-hydrogen) atoms. The molecule has 0 spiro atoms. The number of benzene rings is 1. The second kappa shape index (κ2) is 9.80. The Morgan fingerprint density at radius 1 is 1.26 bits per heavy atom. The molecule has 0 aliphatic rings. The number of hydrogen-bond donors (Lipinski definition) is 1. The maximum Gasteiger partial charge on any atom is 0.236 e. The van der Waals surface area contributed by atoms with E-state index >= 15 is 0 Å². The number of aryl methyl sites for hydroxylation is 1. The van der Waals surface area contributed by atoms with E-state index in [1.165, 1.54) is 23.1 Å². The fraction of sp³-hybridized carbons (Fsp3) is 0.238. The topological polar surface area (TPSA) is 95.1 Å². The molecule has 0 radical (unpaired) electrons. The number of furan rings is 1. The molecular weight excluding hydrogens is 434 g/mol. The van der Waals surface area contributed by atoms with Gasteiger partial charge in [-0.15, -0.1) is 21.5 Å². The first-order valence-electron chi connectivity index (χ1n) is 9.56. The lowest BCUT2D eigenvalue weighted by molar-refractivity contribution is -0.113. The summed E-state index contributed by atoms with van der Waals surface area (Å²) in [7, 11) is 0. The first kappa shape index (κ1) is 21.1. The Morgan fingerprint density at radius 3 is 2.94 bits per heavy atom. The summed E-state index contributed by atoms with van der Waals surface area (Å²) in [5.41, 5.74) is 2.25. The van der Waals surface area contributed by atoms with Gasteiger partial charge in [0.2, 0.25) is 5.91 Å². The molecule has 0 fully saturated rings. The lowest BCUT2D eigenvalue weighted by atomic mass is 10.1. The van der Waals surface area contributed by atoms with Crippen LogP contribution in [-0.4, -0.2) is 31.4 Å². The number of thiazole rings is 1. The third kappa shape index (κ3) is 5.33. The molecule has 0 unspecified atom stereocenters. The number of nitrogens with one attached hydrogen (secondary N) is 1. The minimum absolute atomic E-state index is 0.152. The van der Waals surface area contributed by atoms with Gasteiger partial charge in [0.15, 0.2) is 16.1 Å². The van der Waals surface area contributed by atoms with Crippen LogP contribution in [0.25, 0.3) is 0 Å². The van der Waals surface area contributed by atoms with Crippen LogP contribution in [0.5, 0.6) is 5.75 Å². The summed E-state index contributed by atoms with van der Waals surface area (Å²) >= 11 is 2.68. The normalized spacial score (nSPS) is 10.9. The van der Waals surface area contributed by atoms with Crippen LogP contribution in [-0.2, 0) is 17.9 Å². The van der Waals surface area contributed by atoms with Crippen molar-refractivity contribution in [3.8, 4) is 5.75 Å². The molecule has 0 saturated carbocycles. The molecule has 0 saturated heterocycles. The van der Waals surface area contributed by atoms with E-state index < -0.39 is 0 Å². The van der Waals surface area contributed by atoms with E-state index in [1.54, 1.807) is 12.5 Å². The predicted octanol–water partition coefficient (Wildman–Crippen LogP) is 4.30. The molecule has 3 heterocycles. The number of amides is 1. The number of anilines is 1. The van der Waals surface area contributed by atoms with Crippen molar-refractivity contribution in [2.45, 2.75) is 32.2 Å². The second-order valence-corrected chi connectivity index (χ2v) is 8.56. The quantitative estimate of drug-likeness (QED) is 0.376. The van der Waals surface area contributed by atoms with Gasteiger partial charge >= 0.3 is 0 Å². The Labute approximate surface area is 187 Å². The highest BCUT2D eigenvalue weighted by Gasteiger charge is 2.17. The molecule has 1 amide bonds. The Kier molecular flexibility index (Phi) is 6.68. The van der Waals surface area contributed by atoms with Crippen molar-refractivity contribution < 1.29 is 13.9 Å². The van der Waals surface area contributed by atoms with E-state index in [0.29, 0.717) is 22.7 Å². The number of carbonyl (C=O) groups excluding carboxylic acids is 1. The minimum Gasteiger partial charge on any atom is -0.485 e. The summed E-state index contributed by atoms with van der Waals surface area (Å²) in [6.07, 6.45) is 3.27. The van der Waals surface area contributed by atoms with E-state index in [-0.39, 0.29) is 18.3 Å². The molecular formula is C21H21N5O3S2. The number of nitrogens with zero attached hydrogens (tertiary/aromatic N) is 4. The minimum atomic E-state index is -0.152. The fourth-order valence-corrected chi connectivity index (χ4v) is 4.14. The standard InChI is InChI=1S/C21H21N5O3S2/c1-14-5-3-7-17(15(14)2)29-12-18-24-25-21(26(18)11-16-6-4-9-28-16)31-13-19(27)23-20-22-8-10-30-20/h3-10H,11-13H2,1-2H3,(H,22,23,27). The van der Waals surface area contributed by atoms with E-state index in [2.05, 4.69) is 20.5 Å². The number of aromatic nitrogens is 4. The average molecular weight is 456 g/mol. The number of hydrogen-bond acceptors (Lipinski definition) is 8. The van der Waals surface area contributed by atoms with Crippen molar-refractivity contribution in [1.82, 2.24) is 19.7 Å². The average Bonchev–Trinajstić information content (AvgIpc) is 3.52. The Bertz CT molecular complexity index is 1140. The van der Waals surface area contributed by atoms with Gasteiger partial charge in [0.25, 0.3) is 0 Å². The number of carbonyl (C=O) groups is 1. The highest BCUT2D eigenvalue weighted by molar-refractivity contribution is 7.99. The summed E-state index contributed by atoms with van der Waals surface area (Å²) in [6.45, 7) is 4.78. The third-order valence-electron chi connectivity index (χ3n) is 4.61. The second-order valence-electron chi connectivity index (χ2n) is 6.73. The summed E-state index contributed by atoms with van der Waals surface area (Å²) in [6, 6.07) is 9.67. The molecule has 3 aromatic heterocycles. The first-order valence-corrected chi connectivity index (χ1v) is 11.4.